The fraction of sp³-hybridized carbons (Fsp3) is 0.600. The van der Waals surface area contributed by atoms with Crippen LogP contribution in [0, 0.1) is 5.82 Å². The van der Waals surface area contributed by atoms with Crippen molar-refractivity contribution in [3.63, 3.8) is 0 Å². The fourth-order valence-corrected chi connectivity index (χ4v) is 1.55. The van der Waals surface area contributed by atoms with E-state index < -0.39 is 5.60 Å². The summed E-state index contributed by atoms with van der Waals surface area (Å²) in [6, 6.07) is 4.83. The summed E-state index contributed by atoms with van der Waals surface area (Å²) in [6.07, 6.45) is 0.529. The molecule has 0 atom stereocenters. The highest BCUT2D eigenvalue weighted by molar-refractivity contribution is 5.34. The Morgan fingerprint density at radius 1 is 1.37 bits per heavy atom. The lowest BCUT2D eigenvalue weighted by atomic mass is 10.1. The molecule has 4 heteroatoms. The average Bonchev–Trinajstić information content (AvgIpc) is 2.27. The van der Waals surface area contributed by atoms with Crippen molar-refractivity contribution >= 4 is 0 Å². The Balaban J connectivity index is 2.65. The quantitative estimate of drug-likeness (QED) is 0.799. The molecule has 3 nitrogen and oxygen atoms in total. The number of rotatable bonds is 7. The first-order valence-corrected chi connectivity index (χ1v) is 6.65. The number of halogens is 1. The van der Waals surface area contributed by atoms with Gasteiger partial charge in [-0.2, -0.15) is 0 Å². The molecule has 0 saturated heterocycles. The minimum absolute atomic E-state index is 0.268. The number of hydrogen-bond acceptors (Lipinski definition) is 3. The van der Waals surface area contributed by atoms with Crippen molar-refractivity contribution in [2.75, 3.05) is 6.61 Å². The number of nitrogens with one attached hydrogen (secondary N) is 1. The second-order valence-electron chi connectivity index (χ2n) is 5.70. The standard InChI is InChI=1S/C15H24FNO2/c1-11(2)17-10-12-9-13(16)5-6-14(12)19-8-7-15(3,4)18/h5-6,9,11,17-18H,7-8,10H2,1-4H3. The molecule has 0 aromatic heterocycles. The average molecular weight is 269 g/mol. The Labute approximate surface area is 114 Å². The molecule has 0 heterocycles. The van der Waals surface area contributed by atoms with Crippen LogP contribution in [0.2, 0.25) is 0 Å². The van der Waals surface area contributed by atoms with Crippen LogP contribution < -0.4 is 10.1 Å². The normalized spacial score (nSPS) is 11.9. The highest BCUT2D eigenvalue weighted by Gasteiger charge is 2.13. The van der Waals surface area contributed by atoms with Crippen molar-refractivity contribution in [1.82, 2.24) is 5.32 Å². The monoisotopic (exact) mass is 269 g/mol. The topological polar surface area (TPSA) is 41.5 Å². The first-order valence-electron chi connectivity index (χ1n) is 6.65. The van der Waals surface area contributed by atoms with E-state index in [4.69, 9.17) is 4.74 Å². The van der Waals surface area contributed by atoms with Gasteiger partial charge in [0.15, 0.2) is 0 Å². The molecule has 0 aliphatic rings. The maximum Gasteiger partial charge on any atom is 0.123 e. The lowest BCUT2D eigenvalue weighted by Crippen LogP contribution is -2.23. The first kappa shape index (κ1) is 15.9. The molecule has 2 N–H and O–H groups in total. The van der Waals surface area contributed by atoms with Gasteiger partial charge in [0, 0.05) is 24.6 Å². The van der Waals surface area contributed by atoms with Crippen molar-refractivity contribution < 1.29 is 14.2 Å². The summed E-state index contributed by atoms with van der Waals surface area (Å²) in [5, 5.41) is 12.9. The Hall–Kier alpha value is -1.13. The van der Waals surface area contributed by atoms with E-state index in [9.17, 15) is 9.50 Å². The van der Waals surface area contributed by atoms with Crippen molar-refractivity contribution in [2.24, 2.45) is 0 Å². The molecule has 0 bridgehead atoms. The van der Waals surface area contributed by atoms with Crippen LogP contribution in [-0.2, 0) is 6.54 Å². The summed E-state index contributed by atoms with van der Waals surface area (Å²) in [5.41, 5.74) is 0.0422. The van der Waals surface area contributed by atoms with Gasteiger partial charge in [-0.1, -0.05) is 13.8 Å². The van der Waals surface area contributed by atoms with E-state index in [0.29, 0.717) is 31.4 Å². The summed E-state index contributed by atoms with van der Waals surface area (Å²) in [7, 11) is 0. The zero-order valence-corrected chi connectivity index (χ0v) is 12.2. The van der Waals surface area contributed by atoms with Gasteiger partial charge in [0.05, 0.1) is 12.2 Å². The fourth-order valence-electron chi connectivity index (χ4n) is 1.55. The van der Waals surface area contributed by atoms with Gasteiger partial charge >= 0.3 is 0 Å². The highest BCUT2D eigenvalue weighted by Crippen LogP contribution is 2.21. The van der Waals surface area contributed by atoms with Gasteiger partial charge in [-0.15, -0.1) is 0 Å². The Morgan fingerprint density at radius 2 is 2.05 bits per heavy atom. The molecule has 0 aliphatic carbocycles. The third-order valence-corrected chi connectivity index (χ3v) is 2.69. The van der Waals surface area contributed by atoms with E-state index in [-0.39, 0.29) is 5.82 Å². The van der Waals surface area contributed by atoms with Gasteiger partial charge in [-0.25, -0.2) is 4.39 Å². The highest BCUT2D eigenvalue weighted by atomic mass is 19.1. The van der Waals surface area contributed by atoms with Crippen molar-refractivity contribution in [3.05, 3.63) is 29.6 Å². The Kier molecular flexibility index (Phi) is 5.76. The molecule has 0 aliphatic heterocycles. The molecular formula is C15H24FNO2. The number of ether oxygens (including phenoxy) is 1. The van der Waals surface area contributed by atoms with Crippen molar-refractivity contribution in [3.8, 4) is 5.75 Å². The van der Waals surface area contributed by atoms with Gasteiger partial charge in [-0.3, -0.25) is 0 Å². The van der Waals surface area contributed by atoms with Gasteiger partial charge in [-0.05, 0) is 32.0 Å². The smallest absolute Gasteiger partial charge is 0.123 e. The van der Waals surface area contributed by atoms with E-state index in [2.05, 4.69) is 5.32 Å². The SMILES string of the molecule is CC(C)NCc1cc(F)ccc1OCCC(C)(C)O. The molecule has 0 spiro atoms. The Bertz CT molecular complexity index is 400. The van der Waals surface area contributed by atoms with Crippen molar-refractivity contribution in [1.29, 1.82) is 0 Å². The number of aliphatic hydroxyl groups is 1. The molecule has 108 valence electrons. The number of hydrogen-bond donors (Lipinski definition) is 2. The lowest BCUT2D eigenvalue weighted by molar-refractivity contribution is 0.0551. The maximum atomic E-state index is 13.3. The van der Waals surface area contributed by atoms with Crippen LogP contribution >= 0.6 is 0 Å². The zero-order valence-electron chi connectivity index (χ0n) is 12.2. The number of benzene rings is 1. The molecule has 1 aromatic carbocycles. The molecule has 0 fully saturated rings. The van der Waals surface area contributed by atoms with Crippen LogP contribution in [0.3, 0.4) is 0 Å². The largest absolute Gasteiger partial charge is 0.493 e. The van der Waals surface area contributed by atoms with E-state index in [1.54, 1.807) is 19.9 Å². The second-order valence-corrected chi connectivity index (χ2v) is 5.70. The molecule has 1 rings (SSSR count). The van der Waals surface area contributed by atoms with Crippen LogP contribution in [0.1, 0.15) is 39.7 Å². The van der Waals surface area contributed by atoms with Gasteiger partial charge in [0.25, 0.3) is 0 Å². The van der Waals surface area contributed by atoms with E-state index in [1.165, 1.54) is 12.1 Å². The zero-order chi connectivity index (χ0) is 14.5. The Morgan fingerprint density at radius 3 is 2.63 bits per heavy atom. The summed E-state index contributed by atoms with van der Waals surface area (Å²) >= 11 is 0. The maximum absolute atomic E-state index is 13.3. The minimum Gasteiger partial charge on any atom is -0.493 e. The van der Waals surface area contributed by atoms with Gasteiger partial charge < -0.3 is 15.2 Å². The minimum atomic E-state index is -0.754. The third-order valence-electron chi connectivity index (χ3n) is 2.69. The molecule has 19 heavy (non-hydrogen) atoms. The lowest BCUT2D eigenvalue weighted by Gasteiger charge is -2.18. The molecule has 0 radical (unpaired) electrons. The second kappa shape index (κ2) is 6.87. The van der Waals surface area contributed by atoms with Gasteiger partial charge in [0.2, 0.25) is 0 Å². The predicted molar refractivity (Wildman–Crippen MR) is 74.8 cm³/mol. The van der Waals surface area contributed by atoms with E-state index >= 15 is 0 Å². The van der Waals surface area contributed by atoms with Crippen LogP contribution in [0.15, 0.2) is 18.2 Å². The summed E-state index contributed by atoms with van der Waals surface area (Å²) in [6.45, 7) is 8.52. The van der Waals surface area contributed by atoms with E-state index in [1.807, 2.05) is 13.8 Å². The molecule has 1 aromatic rings. The summed E-state index contributed by atoms with van der Waals surface area (Å²) in [5.74, 6) is 0.397. The predicted octanol–water partition coefficient (Wildman–Crippen LogP) is 2.86. The molecule has 0 unspecified atom stereocenters. The van der Waals surface area contributed by atoms with Crippen LogP contribution in [-0.4, -0.2) is 23.4 Å². The van der Waals surface area contributed by atoms with Crippen LogP contribution in [0.5, 0.6) is 5.75 Å². The molecular weight excluding hydrogens is 245 g/mol. The van der Waals surface area contributed by atoms with Crippen LogP contribution in [0.25, 0.3) is 0 Å². The summed E-state index contributed by atoms with van der Waals surface area (Å²) < 4.78 is 18.9. The first-order chi connectivity index (χ1) is 8.78. The van der Waals surface area contributed by atoms with E-state index in [0.717, 1.165) is 5.56 Å². The van der Waals surface area contributed by atoms with Crippen LogP contribution in [0.4, 0.5) is 4.39 Å². The summed E-state index contributed by atoms with van der Waals surface area (Å²) in [4.78, 5) is 0. The van der Waals surface area contributed by atoms with Crippen molar-refractivity contribution in [2.45, 2.75) is 52.3 Å². The molecule has 0 saturated carbocycles. The van der Waals surface area contributed by atoms with Gasteiger partial charge in [0.1, 0.15) is 11.6 Å². The third kappa shape index (κ3) is 6.55. The molecule has 0 amide bonds.